The Hall–Kier alpha value is -1.34. The molecule has 0 saturated carbocycles. The van der Waals surface area contributed by atoms with Crippen LogP contribution in [0.5, 0.6) is 11.5 Å². The Morgan fingerprint density at radius 1 is 0.867 bits per heavy atom. The summed E-state index contributed by atoms with van der Waals surface area (Å²) in [5.74, 6) is 1.76. The van der Waals surface area contributed by atoms with Gasteiger partial charge in [-0.25, -0.2) is 0 Å². The molecule has 0 aliphatic carbocycles. The molecule has 0 amide bonds. The molecule has 0 bridgehead atoms. The number of fused-ring (bicyclic) bond motifs is 1. The van der Waals surface area contributed by atoms with E-state index in [1.807, 2.05) is 6.07 Å². The molecular formula is C24H41N3O3. The van der Waals surface area contributed by atoms with Gasteiger partial charge in [-0.2, -0.15) is 0 Å². The van der Waals surface area contributed by atoms with Gasteiger partial charge in [0.05, 0.1) is 13.2 Å². The van der Waals surface area contributed by atoms with E-state index in [-0.39, 0.29) is 0 Å². The maximum Gasteiger partial charge on any atom is 0.231 e. The van der Waals surface area contributed by atoms with E-state index < -0.39 is 0 Å². The van der Waals surface area contributed by atoms with E-state index in [2.05, 4.69) is 68.4 Å². The first-order valence-corrected chi connectivity index (χ1v) is 11.5. The van der Waals surface area contributed by atoms with Crippen LogP contribution < -0.4 is 9.47 Å². The average molecular weight is 420 g/mol. The van der Waals surface area contributed by atoms with Crippen LogP contribution in [0.3, 0.4) is 0 Å². The topological polar surface area (TPSA) is 37.4 Å². The van der Waals surface area contributed by atoms with Gasteiger partial charge in [0.15, 0.2) is 11.5 Å². The minimum Gasteiger partial charge on any atom is -0.454 e. The zero-order chi connectivity index (χ0) is 21.7. The Kier molecular flexibility index (Phi) is 8.40. The molecular weight excluding hydrogens is 378 g/mol. The molecule has 6 nitrogen and oxygen atoms in total. The second kappa shape index (κ2) is 10.8. The quantitative estimate of drug-likeness (QED) is 0.744. The first-order chi connectivity index (χ1) is 14.3. The number of morpholine rings is 1. The minimum absolute atomic E-state index is 0.353. The van der Waals surface area contributed by atoms with Gasteiger partial charge in [-0.15, -0.1) is 0 Å². The van der Waals surface area contributed by atoms with Gasteiger partial charge in [0, 0.05) is 56.9 Å². The van der Waals surface area contributed by atoms with Crippen molar-refractivity contribution in [2.75, 3.05) is 46.2 Å². The van der Waals surface area contributed by atoms with Crippen LogP contribution in [0.25, 0.3) is 0 Å². The molecule has 2 atom stereocenters. The van der Waals surface area contributed by atoms with Crippen molar-refractivity contribution in [1.82, 2.24) is 14.7 Å². The van der Waals surface area contributed by atoms with Crippen molar-refractivity contribution in [1.29, 1.82) is 0 Å². The predicted octanol–water partition coefficient (Wildman–Crippen LogP) is 3.45. The monoisotopic (exact) mass is 419 g/mol. The lowest BCUT2D eigenvalue weighted by atomic mass is 10.1. The van der Waals surface area contributed by atoms with Crippen molar-refractivity contribution in [3.8, 4) is 11.5 Å². The molecule has 1 aromatic rings. The molecule has 2 fully saturated rings. The molecule has 0 radical (unpaired) electrons. The van der Waals surface area contributed by atoms with Crippen LogP contribution in [-0.4, -0.2) is 85.1 Å². The number of piperazine rings is 1. The Labute approximate surface area is 183 Å². The highest BCUT2D eigenvalue weighted by Gasteiger charge is 2.27. The third-order valence-corrected chi connectivity index (χ3v) is 6.31. The molecule has 3 aliphatic heterocycles. The second-order valence-corrected chi connectivity index (χ2v) is 9.37. The Balaban J connectivity index is 0.000000199. The van der Waals surface area contributed by atoms with Crippen LogP contribution in [0.2, 0.25) is 0 Å². The smallest absolute Gasteiger partial charge is 0.231 e. The van der Waals surface area contributed by atoms with Crippen LogP contribution in [0.1, 0.15) is 47.1 Å². The highest BCUT2D eigenvalue weighted by atomic mass is 16.7. The van der Waals surface area contributed by atoms with Crippen LogP contribution in [-0.2, 0) is 11.3 Å². The van der Waals surface area contributed by atoms with Crippen molar-refractivity contribution in [2.24, 2.45) is 0 Å². The van der Waals surface area contributed by atoms with Crippen LogP contribution in [0.15, 0.2) is 18.2 Å². The fourth-order valence-electron chi connectivity index (χ4n) is 4.77. The van der Waals surface area contributed by atoms with Gasteiger partial charge < -0.3 is 14.2 Å². The molecule has 0 spiro atoms. The molecule has 6 heteroatoms. The summed E-state index contributed by atoms with van der Waals surface area (Å²) < 4.78 is 16.2. The first kappa shape index (κ1) is 23.3. The van der Waals surface area contributed by atoms with Crippen molar-refractivity contribution < 1.29 is 14.2 Å². The molecule has 2 saturated heterocycles. The lowest BCUT2D eigenvalue weighted by Gasteiger charge is -2.41. The fraction of sp³-hybridized carbons (Fsp3) is 0.750. The summed E-state index contributed by atoms with van der Waals surface area (Å²) in [7, 11) is 0. The lowest BCUT2D eigenvalue weighted by molar-refractivity contribution is -0.0513. The largest absolute Gasteiger partial charge is 0.454 e. The van der Waals surface area contributed by atoms with Crippen molar-refractivity contribution in [3.63, 3.8) is 0 Å². The highest BCUT2D eigenvalue weighted by molar-refractivity contribution is 5.44. The van der Waals surface area contributed by atoms with Gasteiger partial charge in [-0.05, 0) is 59.2 Å². The molecule has 170 valence electrons. The highest BCUT2D eigenvalue weighted by Crippen LogP contribution is 2.32. The molecule has 1 aromatic carbocycles. The van der Waals surface area contributed by atoms with Crippen LogP contribution in [0.4, 0.5) is 0 Å². The van der Waals surface area contributed by atoms with E-state index in [4.69, 9.17) is 14.2 Å². The summed E-state index contributed by atoms with van der Waals surface area (Å²) in [6.07, 6.45) is 0. The van der Waals surface area contributed by atoms with Crippen molar-refractivity contribution >= 4 is 0 Å². The van der Waals surface area contributed by atoms with E-state index in [1.165, 1.54) is 18.7 Å². The van der Waals surface area contributed by atoms with E-state index in [0.717, 1.165) is 44.3 Å². The number of nitrogens with zero attached hydrogens (tertiary/aromatic N) is 3. The Morgan fingerprint density at radius 2 is 1.50 bits per heavy atom. The maximum absolute atomic E-state index is 5.43. The number of hydrogen-bond donors (Lipinski definition) is 0. The van der Waals surface area contributed by atoms with E-state index in [9.17, 15) is 0 Å². The van der Waals surface area contributed by atoms with Crippen molar-refractivity contribution in [3.05, 3.63) is 23.8 Å². The number of ether oxygens (including phenoxy) is 3. The zero-order valence-corrected chi connectivity index (χ0v) is 19.8. The minimum atomic E-state index is 0.353. The summed E-state index contributed by atoms with van der Waals surface area (Å²) in [5, 5.41) is 0. The van der Waals surface area contributed by atoms with Crippen molar-refractivity contribution in [2.45, 2.75) is 72.3 Å². The SMILES string of the molecule is CC(C)N1C(C)COCC1C.CC(C)N1CCN(Cc2ccc3c(c2)OCO3)CC1. The van der Waals surface area contributed by atoms with Gasteiger partial charge in [-0.1, -0.05) is 6.07 Å². The van der Waals surface area contributed by atoms with Gasteiger partial charge in [0.1, 0.15) is 0 Å². The number of rotatable bonds is 4. The summed E-state index contributed by atoms with van der Waals surface area (Å²) in [4.78, 5) is 7.57. The zero-order valence-electron chi connectivity index (χ0n) is 19.8. The summed E-state index contributed by atoms with van der Waals surface area (Å²) >= 11 is 0. The molecule has 0 N–H and O–H groups in total. The second-order valence-electron chi connectivity index (χ2n) is 9.37. The third kappa shape index (κ3) is 6.10. The first-order valence-electron chi connectivity index (χ1n) is 11.5. The lowest BCUT2D eigenvalue weighted by Crippen LogP contribution is -2.52. The predicted molar refractivity (Wildman–Crippen MR) is 121 cm³/mol. The summed E-state index contributed by atoms with van der Waals surface area (Å²) in [5.41, 5.74) is 1.31. The molecule has 3 aliphatic rings. The number of benzene rings is 1. The molecule has 2 unspecified atom stereocenters. The van der Waals surface area contributed by atoms with Gasteiger partial charge in [-0.3, -0.25) is 14.7 Å². The average Bonchev–Trinajstić information content (AvgIpc) is 3.16. The van der Waals surface area contributed by atoms with Gasteiger partial charge >= 0.3 is 0 Å². The van der Waals surface area contributed by atoms with Gasteiger partial charge in [0.25, 0.3) is 0 Å². The standard InChI is InChI=1S/C15H22N2O2.C9H19NO/c1-12(2)17-7-5-16(6-8-17)10-13-3-4-14-15(9-13)19-11-18-14;1-7(2)10-8(3)5-11-6-9(10)4/h3-4,9,12H,5-8,10-11H2,1-2H3;7-9H,5-6H2,1-4H3. The van der Waals surface area contributed by atoms with Crippen LogP contribution >= 0.6 is 0 Å². The summed E-state index contributed by atoms with van der Waals surface area (Å²) in [6.45, 7) is 21.3. The Morgan fingerprint density at radius 3 is 2.07 bits per heavy atom. The van der Waals surface area contributed by atoms with E-state index in [0.29, 0.717) is 31.0 Å². The Bertz CT molecular complexity index is 649. The van der Waals surface area contributed by atoms with E-state index >= 15 is 0 Å². The number of hydrogen-bond acceptors (Lipinski definition) is 6. The summed E-state index contributed by atoms with van der Waals surface area (Å²) in [6, 6.07) is 8.73. The third-order valence-electron chi connectivity index (χ3n) is 6.31. The van der Waals surface area contributed by atoms with E-state index in [1.54, 1.807) is 0 Å². The van der Waals surface area contributed by atoms with Crippen LogP contribution in [0, 0.1) is 0 Å². The molecule has 3 heterocycles. The van der Waals surface area contributed by atoms with Gasteiger partial charge in [0.2, 0.25) is 6.79 Å². The normalized spacial score (nSPS) is 25.5. The molecule has 30 heavy (non-hydrogen) atoms. The molecule has 0 aromatic heterocycles. The molecule has 4 rings (SSSR count). The fourth-order valence-corrected chi connectivity index (χ4v) is 4.77. The maximum atomic E-state index is 5.43.